The third kappa shape index (κ3) is 4.66. The highest BCUT2D eigenvalue weighted by Gasteiger charge is 2.31. The first kappa shape index (κ1) is 27.5. The Morgan fingerprint density at radius 3 is 2.60 bits per heavy atom. The third-order valence-electron chi connectivity index (χ3n) is 7.42. The van der Waals surface area contributed by atoms with Gasteiger partial charge < -0.3 is 14.9 Å². The van der Waals surface area contributed by atoms with Gasteiger partial charge in [0, 0.05) is 37.4 Å². The van der Waals surface area contributed by atoms with Gasteiger partial charge in [0.2, 0.25) is 0 Å². The van der Waals surface area contributed by atoms with Gasteiger partial charge >= 0.3 is 11.8 Å². The van der Waals surface area contributed by atoms with Crippen molar-refractivity contribution in [2.75, 3.05) is 24.5 Å². The van der Waals surface area contributed by atoms with Crippen molar-refractivity contribution in [2.24, 2.45) is 0 Å². The van der Waals surface area contributed by atoms with Gasteiger partial charge in [-0.3, -0.25) is 4.98 Å². The second kappa shape index (κ2) is 10.5. The van der Waals surface area contributed by atoms with Crippen LogP contribution in [-0.2, 0) is 0 Å². The number of benzene rings is 1. The van der Waals surface area contributed by atoms with Crippen molar-refractivity contribution >= 4 is 34.5 Å². The van der Waals surface area contributed by atoms with Crippen LogP contribution in [0.3, 0.4) is 0 Å². The highest BCUT2D eigenvalue weighted by atomic mass is 35.5. The lowest BCUT2D eigenvalue weighted by atomic mass is 10.0. The number of rotatable bonds is 4. The number of halogens is 2. The molecule has 1 aliphatic heterocycles. The fraction of sp³-hybridized carbons (Fsp3) is 0.345. The van der Waals surface area contributed by atoms with Crippen LogP contribution >= 0.6 is 11.6 Å². The summed E-state index contributed by atoms with van der Waals surface area (Å²) >= 11 is 6.81. The average molecular weight is 565 g/mol. The molecule has 0 aliphatic carbocycles. The van der Waals surface area contributed by atoms with Crippen LogP contribution in [0.1, 0.15) is 43.5 Å². The Bertz CT molecular complexity index is 1710. The molecule has 1 amide bonds. The van der Waals surface area contributed by atoms with E-state index in [9.17, 15) is 19.1 Å². The predicted octanol–water partition coefficient (Wildman–Crippen LogP) is 5.56. The minimum absolute atomic E-state index is 0.00196. The van der Waals surface area contributed by atoms with Gasteiger partial charge in [-0.15, -0.1) is 0 Å². The van der Waals surface area contributed by atoms with Gasteiger partial charge in [-0.05, 0) is 56.0 Å². The van der Waals surface area contributed by atoms with Crippen LogP contribution in [0.25, 0.3) is 28.0 Å². The zero-order valence-corrected chi connectivity index (χ0v) is 23.7. The van der Waals surface area contributed by atoms with E-state index in [-0.39, 0.29) is 30.1 Å². The van der Waals surface area contributed by atoms with E-state index in [4.69, 9.17) is 16.6 Å². The SMILES string of the molecule is Cc1ccnc(C(C)C)c1-n1c(=O)nc(N2CCN(C(=O)O)CC2C)c2cc(Cl)c(-c3cccc(F)c3C)nc21. The van der Waals surface area contributed by atoms with Crippen LogP contribution in [0.4, 0.5) is 15.0 Å². The molecule has 4 heterocycles. The van der Waals surface area contributed by atoms with E-state index < -0.39 is 17.6 Å². The zero-order chi connectivity index (χ0) is 28.9. The van der Waals surface area contributed by atoms with Crippen molar-refractivity contribution in [3.05, 3.63) is 74.7 Å². The van der Waals surface area contributed by atoms with E-state index >= 15 is 0 Å². The first-order valence-electron chi connectivity index (χ1n) is 13.1. The van der Waals surface area contributed by atoms with Crippen LogP contribution in [0.2, 0.25) is 5.02 Å². The normalized spacial score (nSPS) is 15.8. The van der Waals surface area contributed by atoms with Crippen molar-refractivity contribution in [1.82, 2.24) is 24.4 Å². The number of aryl methyl sites for hydroxylation is 1. The minimum atomic E-state index is -0.993. The highest BCUT2D eigenvalue weighted by molar-refractivity contribution is 6.34. The number of carboxylic acid groups (broad SMARTS) is 1. The van der Waals surface area contributed by atoms with Gasteiger partial charge in [0.1, 0.15) is 11.6 Å². The Hall–Kier alpha value is -4.05. The lowest BCUT2D eigenvalue weighted by molar-refractivity contribution is 0.136. The van der Waals surface area contributed by atoms with Crippen LogP contribution in [0.5, 0.6) is 0 Å². The summed E-state index contributed by atoms with van der Waals surface area (Å²) in [4.78, 5) is 42.8. The molecule has 9 nitrogen and oxygen atoms in total. The first-order chi connectivity index (χ1) is 19.0. The lowest BCUT2D eigenvalue weighted by Gasteiger charge is -2.39. The second-order valence-electron chi connectivity index (χ2n) is 10.4. The Morgan fingerprint density at radius 1 is 1.18 bits per heavy atom. The topological polar surface area (TPSA) is 104 Å². The molecule has 1 N–H and O–H groups in total. The molecule has 40 heavy (non-hydrogen) atoms. The second-order valence-corrected chi connectivity index (χ2v) is 10.9. The zero-order valence-electron chi connectivity index (χ0n) is 22.9. The molecule has 208 valence electrons. The Balaban J connectivity index is 1.85. The largest absolute Gasteiger partial charge is 0.465 e. The lowest BCUT2D eigenvalue weighted by Crippen LogP contribution is -2.54. The number of pyridine rings is 2. The van der Waals surface area contributed by atoms with Crippen molar-refractivity contribution in [1.29, 1.82) is 0 Å². The van der Waals surface area contributed by atoms with Gasteiger partial charge in [-0.25, -0.2) is 23.5 Å². The molecule has 4 aromatic rings. The van der Waals surface area contributed by atoms with E-state index in [2.05, 4.69) is 9.97 Å². The molecule has 1 atom stereocenters. The molecule has 1 aliphatic rings. The van der Waals surface area contributed by atoms with Crippen molar-refractivity contribution in [2.45, 2.75) is 46.6 Å². The average Bonchev–Trinajstić information content (AvgIpc) is 2.90. The van der Waals surface area contributed by atoms with E-state index in [0.717, 1.165) is 5.56 Å². The molecule has 0 radical (unpaired) electrons. The molecule has 1 aromatic carbocycles. The molecular weight excluding hydrogens is 535 g/mol. The Morgan fingerprint density at radius 2 is 1.93 bits per heavy atom. The number of carbonyl (C=O) groups is 1. The molecule has 1 fully saturated rings. The number of hydrogen-bond acceptors (Lipinski definition) is 6. The number of fused-ring (bicyclic) bond motifs is 1. The van der Waals surface area contributed by atoms with Gasteiger partial charge in [0.15, 0.2) is 5.65 Å². The molecule has 0 saturated carbocycles. The summed E-state index contributed by atoms with van der Waals surface area (Å²) in [5.41, 5.74) is 3.12. The number of anilines is 1. The van der Waals surface area contributed by atoms with Crippen molar-refractivity contribution in [3.8, 4) is 16.9 Å². The maximum absolute atomic E-state index is 14.6. The smallest absolute Gasteiger partial charge is 0.407 e. The number of amides is 1. The fourth-order valence-electron chi connectivity index (χ4n) is 5.31. The minimum Gasteiger partial charge on any atom is -0.465 e. The molecule has 1 unspecified atom stereocenters. The van der Waals surface area contributed by atoms with E-state index in [1.54, 1.807) is 31.3 Å². The number of hydrogen-bond donors (Lipinski definition) is 1. The number of nitrogens with zero attached hydrogens (tertiary/aromatic N) is 6. The maximum Gasteiger partial charge on any atom is 0.407 e. The molecule has 1 saturated heterocycles. The standard InChI is InChI=1S/C29H30ClFN6O3/c1-15(2)23-25(16(3)9-10-32-23)37-27-20(13-21(30)24(33-27)19-7-6-8-22(31)18(19)5)26(34-28(37)38)36-12-11-35(29(39)40)14-17(36)4/h6-10,13,15,17H,11-12,14H2,1-5H3,(H,39,40). The van der Waals surface area contributed by atoms with Gasteiger partial charge in [0.25, 0.3) is 0 Å². The molecule has 5 rings (SSSR count). The Kier molecular flexibility index (Phi) is 7.22. The summed E-state index contributed by atoms with van der Waals surface area (Å²) in [6.45, 7) is 10.3. The third-order valence-corrected chi connectivity index (χ3v) is 7.71. The fourth-order valence-corrected chi connectivity index (χ4v) is 5.56. The molecule has 11 heteroatoms. The first-order valence-corrected chi connectivity index (χ1v) is 13.5. The van der Waals surface area contributed by atoms with Crippen molar-refractivity contribution in [3.63, 3.8) is 0 Å². The molecule has 0 bridgehead atoms. The summed E-state index contributed by atoms with van der Waals surface area (Å²) in [5.74, 6) is -0.0187. The van der Waals surface area contributed by atoms with Crippen LogP contribution in [0, 0.1) is 19.7 Å². The summed E-state index contributed by atoms with van der Waals surface area (Å²) < 4.78 is 16.0. The van der Waals surface area contributed by atoms with Crippen molar-refractivity contribution < 1.29 is 14.3 Å². The van der Waals surface area contributed by atoms with Gasteiger partial charge in [0.05, 0.1) is 27.5 Å². The monoisotopic (exact) mass is 564 g/mol. The van der Waals surface area contributed by atoms with E-state index in [0.29, 0.717) is 51.6 Å². The Labute approximate surface area is 235 Å². The van der Waals surface area contributed by atoms with Gasteiger partial charge in [-0.1, -0.05) is 37.6 Å². The summed E-state index contributed by atoms with van der Waals surface area (Å²) in [5, 5.41) is 10.3. The van der Waals surface area contributed by atoms with E-state index in [1.165, 1.54) is 15.5 Å². The quantitative estimate of drug-likeness (QED) is 0.346. The predicted molar refractivity (Wildman–Crippen MR) is 153 cm³/mol. The molecular formula is C29H30ClFN6O3. The summed E-state index contributed by atoms with van der Waals surface area (Å²) in [7, 11) is 0. The van der Waals surface area contributed by atoms with Crippen LogP contribution < -0.4 is 10.6 Å². The van der Waals surface area contributed by atoms with Crippen LogP contribution in [0.15, 0.2) is 41.3 Å². The number of piperazine rings is 1. The molecule has 0 spiro atoms. The molecule has 3 aromatic heterocycles. The summed E-state index contributed by atoms with van der Waals surface area (Å²) in [6.07, 6.45) is 0.714. The van der Waals surface area contributed by atoms with E-state index in [1.807, 2.05) is 38.7 Å². The summed E-state index contributed by atoms with van der Waals surface area (Å²) in [6, 6.07) is 7.98. The highest BCUT2D eigenvalue weighted by Crippen LogP contribution is 2.36. The number of aromatic nitrogens is 4. The van der Waals surface area contributed by atoms with Gasteiger partial charge in [-0.2, -0.15) is 4.98 Å². The maximum atomic E-state index is 14.6. The van der Waals surface area contributed by atoms with Crippen LogP contribution in [-0.4, -0.2) is 61.3 Å².